The number of nitrogens with two attached hydrogens (primary N) is 2. The Morgan fingerprint density at radius 1 is 0.850 bits per heavy atom. The van der Waals surface area contributed by atoms with Crippen molar-refractivity contribution in [1.29, 1.82) is 0 Å². The third-order valence-electron chi connectivity index (χ3n) is 1.96. The van der Waals surface area contributed by atoms with Crippen LogP contribution in [0.1, 0.15) is 12.8 Å². The summed E-state index contributed by atoms with van der Waals surface area (Å²) in [7, 11) is 3.06. The summed E-state index contributed by atoms with van der Waals surface area (Å²) in [6.45, 7) is 0. The molecular weight excluding hydrogens is 362 g/mol. The van der Waals surface area contributed by atoms with E-state index in [0.29, 0.717) is 24.3 Å². The summed E-state index contributed by atoms with van der Waals surface area (Å²) in [4.78, 5) is 0. The molecule has 12 heteroatoms. The molecular formula is C8H18N2Na2O4S4. The van der Waals surface area contributed by atoms with Crippen LogP contribution in [0.3, 0.4) is 0 Å². The van der Waals surface area contributed by atoms with Crippen molar-refractivity contribution >= 4 is 43.7 Å². The van der Waals surface area contributed by atoms with Gasteiger partial charge in [0.1, 0.15) is 0 Å². The van der Waals surface area contributed by atoms with Crippen LogP contribution in [0.4, 0.5) is 0 Å². The normalized spacial score (nSPS) is 16.4. The van der Waals surface area contributed by atoms with E-state index >= 15 is 0 Å². The van der Waals surface area contributed by atoms with Crippen LogP contribution in [-0.2, 0) is 22.2 Å². The zero-order valence-electron chi connectivity index (χ0n) is 11.8. The van der Waals surface area contributed by atoms with Gasteiger partial charge in [-0.25, -0.2) is 0 Å². The fourth-order valence-electron chi connectivity index (χ4n) is 0.933. The monoisotopic (exact) mass is 380 g/mol. The van der Waals surface area contributed by atoms with Crippen molar-refractivity contribution < 1.29 is 76.6 Å². The predicted octanol–water partition coefficient (Wildman–Crippen LogP) is -6.43. The number of hydrogen-bond donors (Lipinski definition) is 2. The third-order valence-corrected chi connectivity index (χ3v) is 5.71. The van der Waals surface area contributed by atoms with Gasteiger partial charge in [0.05, 0.1) is 0 Å². The van der Waals surface area contributed by atoms with Crippen LogP contribution in [0.5, 0.6) is 0 Å². The zero-order chi connectivity index (χ0) is 14.0. The Bertz CT molecular complexity index is 253. The van der Waals surface area contributed by atoms with Crippen LogP contribution in [-0.4, -0.2) is 52.6 Å². The van der Waals surface area contributed by atoms with Gasteiger partial charge >= 0.3 is 59.1 Å². The quantitative estimate of drug-likeness (QED) is 0.157. The van der Waals surface area contributed by atoms with Crippen LogP contribution in [0, 0.1) is 0 Å². The average molecular weight is 380 g/mol. The van der Waals surface area contributed by atoms with E-state index in [9.17, 15) is 17.5 Å². The Balaban J connectivity index is -0.00000144. The van der Waals surface area contributed by atoms with Crippen molar-refractivity contribution in [2.75, 3.05) is 23.0 Å². The van der Waals surface area contributed by atoms with Gasteiger partial charge in [-0.2, -0.15) is 0 Å². The van der Waals surface area contributed by atoms with Crippen LogP contribution in [0.15, 0.2) is 0 Å². The van der Waals surface area contributed by atoms with Gasteiger partial charge in [-0.05, 0) is 12.8 Å². The summed E-state index contributed by atoms with van der Waals surface area (Å²) in [5.74, 6) is 1.48. The molecule has 0 aromatic carbocycles. The van der Waals surface area contributed by atoms with Crippen molar-refractivity contribution in [2.45, 2.75) is 24.9 Å². The minimum Gasteiger partial charge on any atom is -0.772 e. The number of hydrogen-bond acceptors (Lipinski definition) is 8. The molecule has 0 radical (unpaired) electrons. The molecule has 0 heterocycles. The van der Waals surface area contributed by atoms with E-state index < -0.39 is 22.2 Å². The Morgan fingerprint density at radius 3 is 1.40 bits per heavy atom. The fourth-order valence-corrected chi connectivity index (χ4v) is 4.42. The fraction of sp³-hybridized carbons (Fsp3) is 1.00. The van der Waals surface area contributed by atoms with Crippen LogP contribution in [0.25, 0.3) is 0 Å². The SMILES string of the molecule is N[C@H](CCS(=O)[O-])CSSC[C@H](N)CCS(=O)[O-].[Na+].[Na+]. The van der Waals surface area contributed by atoms with Crippen molar-refractivity contribution in [1.82, 2.24) is 0 Å². The maximum Gasteiger partial charge on any atom is 1.00 e. The summed E-state index contributed by atoms with van der Waals surface area (Å²) in [6, 6.07) is -0.295. The first-order valence-corrected chi connectivity index (χ1v) is 10.3. The molecule has 2 unspecified atom stereocenters. The molecule has 110 valence electrons. The maximum atomic E-state index is 10.3. The second kappa shape index (κ2) is 18.2. The molecule has 0 aromatic heterocycles. The van der Waals surface area contributed by atoms with Crippen molar-refractivity contribution in [3.63, 3.8) is 0 Å². The van der Waals surface area contributed by atoms with Gasteiger partial charge in [0.15, 0.2) is 0 Å². The summed E-state index contributed by atoms with van der Waals surface area (Å²) in [5, 5.41) is 0. The van der Waals surface area contributed by atoms with E-state index in [2.05, 4.69) is 0 Å². The van der Waals surface area contributed by atoms with E-state index in [1.165, 1.54) is 21.6 Å². The molecule has 0 aliphatic carbocycles. The van der Waals surface area contributed by atoms with Gasteiger partial charge in [-0.3, -0.25) is 8.42 Å². The van der Waals surface area contributed by atoms with Crippen molar-refractivity contribution in [2.24, 2.45) is 11.5 Å². The first-order chi connectivity index (χ1) is 8.41. The van der Waals surface area contributed by atoms with E-state index in [1.54, 1.807) is 0 Å². The van der Waals surface area contributed by atoms with E-state index in [4.69, 9.17) is 11.5 Å². The van der Waals surface area contributed by atoms with Gasteiger partial charge < -0.3 is 20.6 Å². The predicted molar refractivity (Wildman–Crippen MR) is 77.7 cm³/mol. The van der Waals surface area contributed by atoms with Crippen molar-refractivity contribution in [3.05, 3.63) is 0 Å². The maximum absolute atomic E-state index is 10.3. The van der Waals surface area contributed by atoms with Gasteiger partial charge in [0.25, 0.3) is 0 Å². The van der Waals surface area contributed by atoms with Crippen molar-refractivity contribution in [3.8, 4) is 0 Å². The topological polar surface area (TPSA) is 132 Å². The molecule has 6 nitrogen and oxygen atoms in total. The zero-order valence-corrected chi connectivity index (χ0v) is 19.1. The molecule has 0 aliphatic rings. The molecule has 0 saturated carbocycles. The molecule has 0 rings (SSSR count). The summed E-state index contributed by atoms with van der Waals surface area (Å²) >= 11 is -4.07. The van der Waals surface area contributed by atoms with Gasteiger partial charge in [0, 0.05) is 35.1 Å². The summed E-state index contributed by atoms with van der Waals surface area (Å²) in [6.07, 6.45) is 0.899. The molecule has 0 fully saturated rings. The smallest absolute Gasteiger partial charge is 0.772 e. The van der Waals surface area contributed by atoms with E-state index in [0.717, 1.165) is 0 Å². The Hall–Kier alpha value is 2.84. The molecule has 0 saturated heterocycles. The largest absolute Gasteiger partial charge is 1.00 e. The van der Waals surface area contributed by atoms with E-state index in [-0.39, 0.29) is 82.7 Å². The van der Waals surface area contributed by atoms with Gasteiger partial charge in [-0.1, -0.05) is 43.7 Å². The molecule has 4 N–H and O–H groups in total. The summed E-state index contributed by atoms with van der Waals surface area (Å²) in [5.41, 5.74) is 11.4. The molecule has 0 aromatic rings. The standard InChI is InChI=1S/C8H20N2O4S4.2Na/c9-7(1-3-17(11)12)5-15-16-6-8(10)2-4-18(13)14;;/h7-8H,1-6,9-10H2,(H,11,12)(H,13,14);;/q;2*+1/p-2/t7-,8-;;/m1../s1. The van der Waals surface area contributed by atoms with Crippen LogP contribution >= 0.6 is 21.6 Å². The Kier molecular flexibility index (Phi) is 25.2. The average Bonchev–Trinajstić information content (AvgIpc) is 2.29. The number of rotatable bonds is 11. The third kappa shape index (κ3) is 20.8. The molecule has 0 bridgehead atoms. The Morgan fingerprint density at radius 2 is 1.15 bits per heavy atom. The minimum absolute atomic E-state index is 0. The van der Waals surface area contributed by atoms with E-state index in [1.807, 2.05) is 0 Å². The minimum atomic E-state index is -2.03. The van der Waals surface area contributed by atoms with Crippen LogP contribution < -0.4 is 70.6 Å². The van der Waals surface area contributed by atoms with Gasteiger partial charge in [-0.15, -0.1) is 0 Å². The van der Waals surface area contributed by atoms with Gasteiger partial charge in [0.2, 0.25) is 0 Å². The Labute approximate surface area is 177 Å². The molecule has 0 aliphatic heterocycles. The first kappa shape index (κ1) is 27.7. The molecule has 0 amide bonds. The summed E-state index contributed by atoms with van der Waals surface area (Å²) < 4.78 is 41.3. The second-order valence-corrected chi connectivity index (χ2v) is 8.27. The molecule has 0 spiro atoms. The first-order valence-electron chi connectivity index (χ1n) is 5.29. The second-order valence-electron chi connectivity index (χ2n) is 3.68. The van der Waals surface area contributed by atoms with Crippen LogP contribution in [0.2, 0.25) is 0 Å². The molecule has 4 atom stereocenters. The molecule has 20 heavy (non-hydrogen) atoms.